The molecule has 1 aliphatic heterocycles. The second-order valence-corrected chi connectivity index (χ2v) is 7.72. The van der Waals surface area contributed by atoms with Gasteiger partial charge in [0.1, 0.15) is 18.0 Å². The first-order valence-corrected chi connectivity index (χ1v) is 9.69. The molecule has 1 saturated heterocycles. The number of aromatic amines is 1. The smallest absolute Gasteiger partial charge is 0.220 e. The molecule has 1 fully saturated rings. The number of para-hydroxylation sites is 2. The molecule has 0 bridgehead atoms. The van der Waals surface area contributed by atoms with E-state index in [0.717, 1.165) is 48.6 Å². The van der Waals surface area contributed by atoms with E-state index < -0.39 is 0 Å². The van der Waals surface area contributed by atoms with Crippen molar-refractivity contribution in [1.82, 2.24) is 30.5 Å². The fourth-order valence-electron chi connectivity index (χ4n) is 3.54. The lowest BCUT2D eigenvalue weighted by atomic mass is 9.80. The Hall–Kier alpha value is -3.03. The van der Waals surface area contributed by atoms with Crippen LogP contribution in [0.25, 0.3) is 11.0 Å². The summed E-state index contributed by atoms with van der Waals surface area (Å²) in [6.07, 6.45) is 6.33. The van der Waals surface area contributed by atoms with Crippen LogP contribution in [0.3, 0.4) is 0 Å². The van der Waals surface area contributed by atoms with Crippen molar-refractivity contribution in [3.63, 3.8) is 0 Å². The summed E-state index contributed by atoms with van der Waals surface area (Å²) in [5.41, 5.74) is 1.94. The van der Waals surface area contributed by atoms with Gasteiger partial charge in [0.25, 0.3) is 0 Å². The minimum Gasteiger partial charge on any atom is -0.356 e. The number of H-pyrrole nitrogens is 1. The zero-order chi connectivity index (χ0) is 19.4. The van der Waals surface area contributed by atoms with E-state index in [1.54, 1.807) is 0 Å². The van der Waals surface area contributed by atoms with Crippen LogP contribution < -0.4 is 10.2 Å². The van der Waals surface area contributed by atoms with E-state index in [1.807, 2.05) is 30.5 Å². The van der Waals surface area contributed by atoms with E-state index in [9.17, 15) is 4.79 Å². The third-order valence-corrected chi connectivity index (χ3v) is 5.50. The summed E-state index contributed by atoms with van der Waals surface area (Å²) in [6, 6.07) is 7.93. The standard InChI is InChI=1S/C20H25N7O/c1-20(13-22-19(28)7-6-17-23-14-24-26-17)8-10-27(11-9-20)18-12-21-15-4-2-3-5-16(15)25-18/h2-5,12,14H,6-11,13H2,1H3,(H,22,28)(H,23,24,26). The molecule has 3 heterocycles. The number of aryl methyl sites for hydroxylation is 1. The Morgan fingerprint density at radius 2 is 2.00 bits per heavy atom. The van der Waals surface area contributed by atoms with Gasteiger partial charge in [0.2, 0.25) is 5.91 Å². The van der Waals surface area contributed by atoms with E-state index in [2.05, 4.69) is 37.3 Å². The van der Waals surface area contributed by atoms with Gasteiger partial charge >= 0.3 is 0 Å². The molecule has 2 aromatic heterocycles. The van der Waals surface area contributed by atoms with E-state index in [0.29, 0.717) is 19.4 Å². The van der Waals surface area contributed by atoms with Crippen LogP contribution in [0.4, 0.5) is 5.82 Å². The Bertz CT molecular complexity index is 933. The first kappa shape index (κ1) is 18.3. The molecule has 1 aromatic carbocycles. The second-order valence-electron chi connectivity index (χ2n) is 7.72. The van der Waals surface area contributed by atoms with Crippen LogP contribution in [0, 0.1) is 5.41 Å². The van der Waals surface area contributed by atoms with Gasteiger partial charge in [-0.15, -0.1) is 0 Å². The maximum absolute atomic E-state index is 12.1. The minimum atomic E-state index is 0.0560. The summed E-state index contributed by atoms with van der Waals surface area (Å²) >= 11 is 0. The van der Waals surface area contributed by atoms with E-state index in [4.69, 9.17) is 4.98 Å². The quantitative estimate of drug-likeness (QED) is 0.680. The van der Waals surface area contributed by atoms with E-state index in [-0.39, 0.29) is 11.3 Å². The lowest BCUT2D eigenvalue weighted by Crippen LogP contribution is -2.45. The number of rotatable bonds is 6. The largest absolute Gasteiger partial charge is 0.356 e. The van der Waals surface area contributed by atoms with Gasteiger partial charge in [0, 0.05) is 32.5 Å². The van der Waals surface area contributed by atoms with Crippen molar-refractivity contribution in [2.24, 2.45) is 5.41 Å². The van der Waals surface area contributed by atoms with Crippen molar-refractivity contribution in [3.05, 3.63) is 42.6 Å². The highest BCUT2D eigenvalue weighted by atomic mass is 16.1. The minimum absolute atomic E-state index is 0.0560. The summed E-state index contributed by atoms with van der Waals surface area (Å²) in [5.74, 6) is 1.73. The second kappa shape index (κ2) is 7.92. The summed E-state index contributed by atoms with van der Waals surface area (Å²) in [7, 11) is 0. The Labute approximate surface area is 163 Å². The van der Waals surface area contributed by atoms with Gasteiger partial charge < -0.3 is 10.2 Å². The van der Waals surface area contributed by atoms with Crippen LogP contribution in [-0.4, -0.2) is 50.7 Å². The number of amides is 1. The highest BCUT2D eigenvalue weighted by Crippen LogP contribution is 2.32. The predicted molar refractivity (Wildman–Crippen MR) is 107 cm³/mol. The van der Waals surface area contributed by atoms with E-state index >= 15 is 0 Å². The summed E-state index contributed by atoms with van der Waals surface area (Å²) < 4.78 is 0. The number of anilines is 1. The number of aromatic nitrogens is 5. The molecular formula is C20H25N7O. The number of hydrogen-bond acceptors (Lipinski definition) is 6. The first-order chi connectivity index (χ1) is 13.6. The van der Waals surface area contributed by atoms with Crippen LogP contribution >= 0.6 is 0 Å². The van der Waals surface area contributed by atoms with Crippen LogP contribution in [0.1, 0.15) is 32.0 Å². The van der Waals surface area contributed by atoms with Crippen molar-refractivity contribution in [3.8, 4) is 0 Å². The number of carbonyl (C=O) groups excluding carboxylic acids is 1. The average molecular weight is 379 g/mol. The molecule has 3 aromatic rings. The molecule has 1 amide bonds. The monoisotopic (exact) mass is 379 g/mol. The van der Waals surface area contributed by atoms with Gasteiger partial charge in [0.15, 0.2) is 0 Å². The fraction of sp³-hybridized carbons (Fsp3) is 0.450. The van der Waals surface area contributed by atoms with Gasteiger partial charge in [-0.3, -0.25) is 14.9 Å². The lowest BCUT2D eigenvalue weighted by molar-refractivity contribution is -0.121. The first-order valence-electron chi connectivity index (χ1n) is 9.69. The van der Waals surface area contributed by atoms with Crippen molar-refractivity contribution in [2.75, 3.05) is 24.5 Å². The number of nitrogens with one attached hydrogen (secondary N) is 2. The topological polar surface area (TPSA) is 99.7 Å². The molecule has 4 rings (SSSR count). The molecule has 0 unspecified atom stereocenters. The molecule has 1 aliphatic rings. The maximum Gasteiger partial charge on any atom is 0.220 e. The van der Waals surface area contributed by atoms with Crippen molar-refractivity contribution < 1.29 is 4.79 Å². The van der Waals surface area contributed by atoms with Crippen LogP contribution in [0.5, 0.6) is 0 Å². The number of fused-ring (bicyclic) bond motifs is 1. The Kier molecular flexibility index (Phi) is 5.18. The summed E-state index contributed by atoms with van der Waals surface area (Å²) in [4.78, 5) is 27.7. The SMILES string of the molecule is CC1(CNC(=O)CCc2ncn[nH]2)CCN(c2cnc3ccccc3n2)CC1. The average Bonchev–Trinajstić information content (AvgIpc) is 3.25. The van der Waals surface area contributed by atoms with Crippen LogP contribution in [0.2, 0.25) is 0 Å². The van der Waals surface area contributed by atoms with Crippen molar-refractivity contribution >= 4 is 22.8 Å². The molecule has 0 aliphatic carbocycles. The zero-order valence-electron chi connectivity index (χ0n) is 16.1. The summed E-state index contributed by atoms with van der Waals surface area (Å²) in [6.45, 7) is 4.77. The van der Waals surface area contributed by atoms with E-state index in [1.165, 1.54) is 6.33 Å². The lowest BCUT2D eigenvalue weighted by Gasteiger charge is -2.40. The highest BCUT2D eigenvalue weighted by Gasteiger charge is 2.31. The molecule has 0 saturated carbocycles. The zero-order valence-corrected chi connectivity index (χ0v) is 16.1. The van der Waals surface area contributed by atoms with Crippen molar-refractivity contribution in [1.29, 1.82) is 0 Å². The molecule has 8 heteroatoms. The normalized spacial score (nSPS) is 16.2. The third kappa shape index (κ3) is 4.27. The maximum atomic E-state index is 12.1. The Morgan fingerprint density at radius 3 is 2.75 bits per heavy atom. The number of nitrogens with zero attached hydrogens (tertiary/aromatic N) is 5. The van der Waals surface area contributed by atoms with Gasteiger partial charge in [-0.1, -0.05) is 19.1 Å². The van der Waals surface area contributed by atoms with Gasteiger partial charge in [-0.25, -0.2) is 9.97 Å². The fourth-order valence-corrected chi connectivity index (χ4v) is 3.54. The number of hydrogen-bond donors (Lipinski definition) is 2. The van der Waals surface area contributed by atoms with Crippen LogP contribution in [0.15, 0.2) is 36.8 Å². The molecule has 0 radical (unpaired) electrons. The number of benzene rings is 1. The molecule has 146 valence electrons. The highest BCUT2D eigenvalue weighted by molar-refractivity contribution is 5.76. The number of carbonyl (C=O) groups is 1. The molecule has 0 spiro atoms. The van der Waals surface area contributed by atoms with Crippen molar-refractivity contribution in [2.45, 2.75) is 32.6 Å². The van der Waals surface area contributed by atoms with Crippen LogP contribution in [-0.2, 0) is 11.2 Å². The molecule has 8 nitrogen and oxygen atoms in total. The Morgan fingerprint density at radius 1 is 1.21 bits per heavy atom. The van der Waals surface area contributed by atoms with Gasteiger partial charge in [-0.2, -0.15) is 5.10 Å². The Balaban J connectivity index is 1.28. The molecule has 28 heavy (non-hydrogen) atoms. The summed E-state index contributed by atoms with van der Waals surface area (Å²) in [5, 5.41) is 9.66. The predicted octanol–water partition coefficient (Wildman–Crippen LogP) is 2.10. The third-order valence-electron chi connectivity index (χ3n) is 5.50. The molecule has 0 atom stereocenters. The van der Waals surface area contributed by atoms with Gasteiger partial charge in [-0.05, 0) is 30.4 Å². The number of piperidine rings is 1. The van der Waals surface area contributed by atoms with Gasteiger partial charge in [0.05, 0.1) is 17.2 Å². The molecular weight excluding hydrogens is 354 g/mol. The molecule has 2 N–H and O–H groups in total.